The van der Waals surface area contributed by atoms with E-state index in [0.717, 1.165) is 17.3 Å². The molecule has 4 amide bonds. The van der Waals surface area contributed by atoms with E-state index in [4.69, 9.17) is 5.73 Å². The van der Waals surface area contributed by atoms with E-state index in [1.165, 1.54) is 0 Å². The summed E-state index contributed by atoms with van der Waals surface area (Å²) in [6, 6.07) is 4.24. The molecule has 34 heavy (non-hydrogen) atoms. The van der Waals surface area contributed by atoms with Gasteiger partial charge in [0.2, 0.25) is 23.6 Å². The Hall–Kier alpha value is -3.93. The lowest BCUT2D eigenvalue weighted by Gasteiger charge is -2.21. The van der Waals surface area contributed by atoms with Crippen molar-refractivity contribution in [2.45, 2.75) is 43.8 Å². The molecule has 0 spiro atoms. The molecule has 12 nitrogen and oxygen atoms in total. The second-order valence-electron chi connectivity index (χ2n) is 8.12. The summed E-state index contributed by atoms with van der Waals surface area (Å²) in [4.78, 5) is 63.4. The number of carbonyl (C=O) groups excluding carboxylic acids is 4. The summed E-state index contributed by atoms with van der Waals surface area (Å²) in [5.74, 6) is -4.06. The Morgan fingerprint density at radius 1 is 1.12 bits per heavy atom. The SMILES string of the molecule is NC(=O)CC(NC(=O)CNC(=O)C1CCCN1)C(=O)NC(Cc1c[nH]c2ccccc12)C(=O)O. The largest absolute Gasteiger partial charge is 0.480 e. The zero-order valence-electron chi connectivity index (χ0n) is 18.4. The predicted octanol–water partition coefficient (Wildman–Crippen LogP) is -1.49. The van der Waals surface area contributed by atoms with Gasteiger partial charge in [-0.05, 0) is 31.0 Å². The molecule has 3 atom stereocenters. The summed E-state index contributed by atoms with van der Waals surface area (Å²) in [6.45, 7) is 0.311. The number of H-pyrrole nitrogens is 1. The first-order chi connectivity index (χ1) is 16.2. The Bertz CT molecular complexity index is 1080. The van der Waals surface area contributed by atoms with E-state index in [1.54, 1.807) is 6.20 Å². The number of aromatic nitrogens is 1. The minimum atomic E-state index is -1.39. The average molecular weight is 473 g/mol. The number of amides is 4. The van der Waals surface area contributed by atoms with Crippen molar-refractivity contribution in [1.82, 2.24) is 26.3 Å². The molecule has 1 saturated heterocycles. The lowest BCUT2D eigenvalue weighted by molar-refractivity contribution is -0.142. The van der Waals surface area contributed by atoms with Gasteiger partial charge < -0.3 is 37.1 Å². The maximum Gasteiger partial charge on any atom is 0.326 e. The standard InChI is InChI=1S/C22H28N6O6/c23-18(29)9-16(27-19(30)11-26-20(31)15-6-3-7-24-15)21(32)28-17(22(33)34)8-12-10-25-14-5-2-1-4-13(12)14/h1-2,4-5,10,15-17,24-25H,3,6-9,11H2,(H2,23,29)(H,26,31)(H,27,30)(H,28,32)(H,33,34). The zero-order chi connectivity index (χ0) is 24.7. The predicted molar refractivity (Wildman–Crippen MR) is 121 cm³/mol. The van der Waals surface area contributed by atoms with E-state index < -0.39 is 48.7 Å². The molecule has 1 fully saturated rings. The number of aliphatic carboxylic acids is 1. The van der Waals surface area contributed by atoms with Crippen LogP contribution < -0.4 is 27.0 Å². The summed E-state index contributed by atoms with van der Waals surface area (Å²) in [5.41, 5.74) is 6.71. The van der Waals surface area contributed by atoms with E-state index >= 15 is 0 Å². The number of benzene rings is 1. The summed E-state index contributed by atoms with van der Waals surface area (Å²) in [7, 11) is 0. The fraction of sp³-hybridized carbons (Fsp3) is 0.409. The number of para-hydroxylation sites is 1. The van der Waals surface area contributed by atoms with Crippen LogP contribution in [0.15, 0.2) is 30.5 Å². The molecule has 1 aliphatic rings. The second-order valence-corrected chi connectivity index (χ2v) is 8.12. The molecular formula is C22H28N6O6. The number of carbonyl (C=O) groups is 5. The van der Waals surface area contributed by atoms with Crippen LogP contribution in [-0.2, 0) is 30.4 Å². The quantitative estimate of drug-likeness (QED) is 0.207. The topological polar surface area (TPSA) is 196 Å². The molecule has 0 saturated carbocycles. The number of carboxylic acid groups (broad SMARTS) is 1. The van der Waals surface area contributed by atoms with Gasteiger partial charge in [0, 0.05) is 23.5 Å². The second kappa shape index (κ2) is 11.3. The van der Waals surface area contributed by atoms with Gasteiger partial charge in [0.05, 0.1) is 19.0 Å². The van der Waals surface area contributed by atoms with Crippen LogP contribution in [0.3, 0.4) is 0 Å². The van der Waals surface area contributed by atoms with Crippen molar-refractivity contribution in [1.29, 1.82) is 0 Å². The van der Waals surface area contributed by atoms with E-state index in [1.807, 2.05) is 24.3 Å². The molecule has 2 aromatic rings. The molecule has 3 rings (SSSR count). The number of primary amides is 1. The van der Waals surface area contributed by atoms with E-state index in [-0.39, 0.29) is 18.4 Å². The van der Waals surface area contributed by atoms with E-state index in [2.05, 4.69) is 26.3 Å². The number of carboxylic acids is 1. The molecule has 8 N–H and O–H groups in total. The molecule has 1 aromatic heterocycles. The van der Waals surface area contributed by atoms with Gasteiger partial charge in [0.1, 0.15) is 12.1 Å². The Morgan fingerprint density at radius 2 is 1.88 bits per heavy atom. The highest BCUT2D eigenvalue weighted by molar-refractivity contribution is 5.95. The van der Waals surface area contributed by atoms with Crippen LogP contribution in [0.4, 0.5) is 0 Å². The molecule has 1 aromatic carbocycles. The highest BCUT2D eigenvalue weighted by Gasteiger charge is 2.29. The molecule has 0 bridgehead atoms. The van der Waals surface area contributed by atoms with Crippen molar-refractivity contribution in [3.63, 3.8) is 0 Å². The molecule has 3 unspecified atom stereocenters. The van der Waals surface area contributed by atoms with Gasteiger partial charge in [0.15, 0.2) is 0 Å². The Balaban J connectivity index is 1.61. The number of hydrogen-bond donors (Lipinski definition) is 7. The van der Waals surface area contributed by atoms with Crippen LogP contribution in [0.1, 0.15) is 24.8 Å². The minimum absolute atomic E-state index is 0.0211. The molecule has 2 heterocycles. The first-order valence-electron chi connectivity index (χ1n) is 10.9. The summed E-state index contributed by atoms with van der Waals surface area (Å²) < 4.78 is 0. The zero-order valence-corrected chi connectivity index (χ0v) is 18.4. The third kappa shape index (κ3) is 6.54. The highest BCUT2D eigenvalue weighted by Crippen LogP contribution is 2.19. The van der Waals surface area contributed by atoms with Gasteiger partial charge in [-0.3, -0.25) is 19.2 Å². The summed E-state index contributed by atoms with van der Waals surface area (Å²) in [5, 5.41) is 20.6. The van der Waals surface area contributed by atoms with Gasteiger partial charge in [-0.1, -0.05) is 18.2 Å². The lowest BCUT2D eigenvalue weighted by Crippen LogP contribution is -2.55. The molecule has 1 aliphatic heterocycles. The van der Waals surface area contributed by atoms with Crippen molar-refractivity contribution in [2.24, 2.45) is 5.73 Å². The first kappa shape index (κ1) is 24.7. The van der Waals surface area contributed by atoms with Gasteiger partial charge in [-0.25, -0.2) is 4.79 Å². The number of nitrogens with two attached hydrogens (primary N) is 1. The number of aromatic amines is 1. The van der Waals surface area contributed by atoms with Crippen molar-refractivity contribution >= 4 is 40.5 Å². The van der Waals surface area contributed by atoms with E-state index in [0.29, 0.717) is 18.5 Å². The van der Waals surface area contributed by atoms with Gasteiger partial charge in [-0.2, -0.15) is 0 Å². The Morgan fingerprint density at radius 3 is 2.56 bits per heavy atom. The van der Waals surface area contributed by atoms with Crippen LogP contribution in [0.5, 0.6) is 0 Å². The van der Waals surface area contributed by atoms with Crippen LogP contribution in [-0.4, -0.2) is 70.9 Å². The number of nitrogens with one attached hydrogen (secondary N) is 5. The fourth-order valence-electron chi connectivity index (χ4n) is 3.85. The van der Waals surface area contributed by atoms with Crippen LogP contribution in [0.2, 0.25) is 0 Å². The third-order valence-corrected chi connectivity index (χ3v) is 5.57. The lowest BCUT2D eigenvalue weighted by atomic mass is 10.0. The van der Waals surface area contributed by atoms with Crippen molar-refractivity contribution < 1.29 is 29.1 Å². The monoisotopic (exact) mass is 472 g/mol. The Kier molecular flexibility index (Phi) is 8.19. The van der Waals surface area contributed by atoms with Crippen molar-refractivity contribution in [2.75, 3.05) is 13.1 Å². The van der Waals surface area contributed by atoms with Crippen LogP contribution in [0.25, 0.3) is 10.9 Å². The third-order valence-electron chi connectivity index (χ3n) is 5.57. The normalized spacial score (nSPS) is 17.0. The van der Waals surface area contributed by atoms with Crippen LogP contribution in [0, 0.1) is 0 Å². The summed E-state index contributed by atoms with van der Waals surface area (Å²) >= 11 is 0. The number of rotatable bonds is 11. The first-order valence-corrected chi connectivity index (χ1v) is 10.9. The van der Waals surface area contributed by atoms with Crippen molar-refractivity contribution in [3.05, 3.63) is 36.0 Å². The number of hydrogen-bond acceptors (Lipinski definition) is 6. The summed E-state index contributed by atoms with van der Waals surface area (Å²) in [6.07, 6.45) is 2.63. The fourth-order valence-corrected chi connectivity index (χ4v) is 3.85. The van der Waals surface area contributed by atoms with Gasteiger partial charge >= 0.3 is 5.97 Å². The smallest absolute Gasteiger partial charge is 0.326 e. The van der Waals surface area contributed by atoms with Gasteiger partial charge in [0.25, 0.3) is 0 Å². The number of fused-ring (bicyclic) bond motifs is 1. The van der Waals surface area contributed by atoms with Crippen LogP contribution >= 0.6 is 0 Å². The van der Waals surface area contributed by atoms with Gasteiger partial charge in [-0.15, -0.1) is 0 Å². The molecule has 0 aliphatic carbocycles. The Labute approximate surface area is 195 Å². The maximum absolute atomic E-state index is 12.8. The van der Waals surface area contributed by atoms with Crippen molar-refractivity contribution in [3.8, 4) is 0 Å². The van der Waals surface area contributed by atoms with E-state index in [9.17, 15) is 29.1 Å². The average Bonchev–Trinajstić information content (AvgIpc) is 3.47. The molecule has 0 radical (unpaired) electrons. The molecule has 12 heteroatoms. The maximum atomic E-state index is 12.8. The minimum Gasteiger partial charge on any atom is -0.480 e. The molecular weight excluding hydrogens is 444 g/mol. The molecule has 182 valence electrons. The highest BCUT2D eigenvalue weighted by atomic mass is 16.4.